The van der Waals surface area contributed by atoms with Gasteiger partial charge in [-0.15, -0.1) is 0 Å². The van der Waals surface area contributed by atoms with Crippen LogP contribution in [0.4, 0.5) is 0 Å². The molecule has 6 nitrogen and oxygen atoms in total. The molecule has 6 heteroatoms. The molecule has 14 rings (SSSR count). The van der Waals surface area contributed by atoms with Gasteiger partial charge in [0.2, 0.25) is 0 Å². The van der Waals surface area contributed by atoms with Crippen LogP contribution in [-0.4, -0.2) is 24.1 Å². The van der Waals surface area contributed by atoms with Crippen LogP contribution in [0.15, 0.2) is 223 Å². The number of nitrogens with zero attached hydrogens (tertiary/aromatic N) is 5. The van der Waals surface area contributed by atoms with Crippen molar-refractivity contribution in [3.8, 4) is 67.8 Å². The van der Waals surface area contributed by atoms with Gasteiger partial charge in [-0.05, 0) is 119 Å². The molecule has 1 aliphatic rings. The molecule has 4 aromatic heterocycles. The molecular weight excluding hydrogens is 855 g/mol. The number of rotatable bonds is 7. The van der Waals surface area contributed by atoms with Crippen LogP contribution in [0.3, 0.4) is 0 Å². The van der Waals surface area contributed by atoms with E-state index in [0.29, 0.717) is 23.4 Å². The van der Waals surface area contributed by atoms with Gasteiger partial charge in [0.1, 0.15) is 11.2 Å². The first kappa shape index (κ1) is 40.0. The van der Waals surface area contributed by atoms with Crippen LogP contribution in [0.1, 0.15) is 18.2 Å². The third-order valence-electron chi connectivity index (χ3n) is 14.1. The summed E-state index contributed by atoms with van der Waals surface area (Å²) in [5, 5.41) is 5.71. The van der Waals surface area contributed by atoms with E-state index >= 15 is 0 Å². The summed E-state index contributed by atoms with van der Waals surface area (Å²) in [6, 6.07) is 75.2. The van der Waals surface area contributed by atoms with Crippen molar-refractivity contribution in [2.75, 3.05) is 0 Å². The smallest absolute Gasteiger partial charge is 0.164 e. The average Bonchev–Trinajstić information content (AvgIpc) is 4.08. The van der Waals surface area contributed by atoms with Gasteiger partial charge in [0.05, 0.1) is 16.6 Å². The van der Waals surface area contributed by atoms with Crippen molar-refractivity contribution in [1.29, 1.82) is 0 Å². The fourth-order valence-electron chi connectivity index (χ4n) is 10.8. The Labute approximate surface area is 404 Å². The molecule has 0 bridgehead atoms. The minimum absolute atomic E-state index is 0.485. The van der Waals surface area contributed by atoms with Gasteiger partial charge in [-0.3, -0.25) is 0 Å². The van der Waals surface area contributed by atoms with E-state index in [1.54, 1.807) is 0 Å². The largest absolute Gasteiger partial charge is 0.456 e. The second-order valence-electron chi connectivity index (χ2n) is 18.5. The maximum atomic E-state index is 6.57. The zero-order valence-corrected chi connectivity index (χ0v) is 38.3. The average molecular weight is 898 g/mol. The minimum Gasteiger partial charge on any atom is -0.456 e. The van der Waals surface area contributed by atoms with E-state index < -0.39 is 0 Å². The number of fused-ring (bicyclic) bond motifs is 9. The molecule has 1 unspecified atom stereocenters. The number of para-hydroxylation sites is 2. The summed E-state index contributed by atoms with van der Waals surface area (Å²) < 4.78 is 11.4. The molecule has 1 aliphatic carbocycles. The van der Waals surface area contributed by atoms with E-state index in [0.717, 1.165) is 72.9 Å². The van der Waals surface area contributed by atoms with Gasteiger partial charge in [0.15, 0.2) is 17.5 Å². The summed E-state index contributed by atoms with van der Waals surface area (Å²) in [6.45, 7) is 2.31. The van der Waals surface area contributed by atoms with Crippen molar-refractivity contribution in [3.05, 3.63) is 230 Å². The Morgan fingerprint density at radius 1 is 0.414 bits per heavy atom. The van der Waals surface area contributed by atoms with E-state index in [1.165, 1.54) is 49.7 Å². The molecule has 0 saturated carbocycles. The Morgan fingerprint density at radius 3 is 1.63 bits per heavy atom. The molecule has 330 valence electrons. The number of benzene rings is 9. The number of aromatic nitrogens is 5. The first-order chi connectivity index (χ1) is 34.6. The molecule has 70 heavy (non-hydrogen) atoms. The fraction of sp³-hybridized carbons (Fsp3) is 0.0469. The number of hydrogen-bond donors (Lipinski definition) is 0. The van der Waals surface area contributed by atoms with Gasteiger partial charge in [-0.25, -0.2) is 15.0 Å². The van der Waals surface area contributed by atoms with E-state index in [2.05, 4.69) is 168 Å². The van der Waals surface area contributed by atoms with Crippen molar-refractivity contribution in [2.24, 2.45) is 5.92 Å². The molecule has 0 spiro atoms. The highest BCUT2D eigenvalue weighted by molar-refractivity contribution is 6.14. The maximum absolute atomic E-state index is 6.57. The Hall–Kier alpha value is -9.13. The Kier molecular flexibility index (Phi) is 9.14. The predicted molar refractivity (Wildman–Crippen MR) is 287 cm³/mol. The highest BCUT2D eigenvalue weighted by Gasteiger charge is 2.23. The van der Waals surface area contributed by atoms with Gasteiger partial charge in [0.25, 0.3) is 0 Å². The fourth-order valence-corrected chi connectivity index (χ4v) is 10.8. The molecule has 4 heterocycles. The van der Waals surface area contributed by atoms with Crippen molar-refractivity contribution < 1.29 is 4.42 Å². The molecule has 0 fully saturated rings. The van der Waals surface area contributed by atoms with Crippen LogP contribution in [0.25, 0.3) is 129 Å². The number of allylic oxidation sites excluding steroid dienone is 1. The third kappa shape index (κ3) is 6.52. The number of hydrogen-bond acceptors (Lipinski definition) is 4. The van der Waals surface area contributed by atoms with E-state index in [1.807, 2.05) is 72.8 Å². The van der Waals surface area contributed by atoms with Gasteiger partial charge in [0, 0.05) is 60.7 Å². The molecule has 0 N–H and O–H groups in total. The molecule has 9 aromatic carbocycles. The molecule has 0 saturated heterocycles. The summed E-state index contributed by atoms with van der Waals surface area (Å²) in [7, 11) is 0. The van der Waals surface area contributed by atoms with Gasteiger partial charge in [-0.1, -0.05) is 153 Å². The first-order valence-corrected chi connectivity index (χ1v) is 24.0. The van der Waals surface area contributed by atoms with E-state index in [4.69, 9.17) is 19.4 Å². The topological polar surface area (TPSA) is 61.7 Å². The molecule has 0 amide bonds. The Bertz CT molecular complexity index is 4150. The lowest BCUT2D eigenvalue weighted by atomic mass is 9.92. The van der Waals surface area contributed by atoms with Crippen molar-refractivity contribution in [1.82, 2.24) is 24.1 Å². The lowest BCUT2D eigenvalue weighted by Gasteiger charge is -2.15. The van der Waals surface area contributed by atoms with Gasteiger partial charge in [-0.2, -0.15) is 0 Å². The molecule has 0 radical (unpaired) electrons. The summed E-state index contributed by atoms with van der Waals surface area (Å²) in [4.78, 5) is 15.2. The zero-order chi connectivity index (χ0) is 46.3. The predicted octanol–water partition coefficient (Wildman–Crippen LogP) is 16.4. The van der Waals surface area contributed by atoms with Crippen molar-refractivity contribution in [3.63, 3.8) is 0 Å². The summed E-state index contributed by atoms with van der Waals surface area (Å²) in [5.74, 6) is 2.32. The Balaban J connectivity index is 0.911. The quantitative estimate of drug-likeness (QED) is 0.160. The third-order valence-corrected chi connectivity index (χ3v) is 14.1. The standard InChI is InChI=1S/C64H43N5O/c1-40-25-31-55-51(35-40)53-37-44(28-33-57(53)68(55)47-19-10-4-11-20-47)43-27-32-56-52(36-43)49-30-26-46(39-58(49)69(56)48-21-12-5-13-22-48)45-29-34-59-54(38-45)61-50(23-14-24-60(61)70-59)64-66-62(41-15-6-2-7-16-41)65-63(67-64)42-17-8-3-9-18-42/h2-34,36-40H,35H2,1H3. The molecular formula is C64H43N5O. The van der Waals surface area contributed by atoms with Crippen molar-refractivity contribution in [2.45, 2.75) is 13.3 Å². The van der Waals surface area contributed by atoms with Crippen LogP contribution in [0, 0.1) is 5.92 Å². The van der Waals surface area contributed by atoms with Gasteiger partial charge >= 0.3 is 0 Å². The monoisotopic (exact) mass is 897 g/mol. The molecule has 0 aliphatic heterocycles. The molecule has 1 atom stereocenters. The zero-order valence-electron chi connectivity index (χ0n) is 38.3. The summed E-state index contributed by atoms with van der Waals surface area (Å²) in [5.41, 5.74) is 17.5. The van der Waals surface area contributed by atoms with E-state index in [-0.39, 0.29) is 0 Å². The van der Waals surface area contributed by atoms with Crippen LogP contribution >= 0.6 is 0 Å². The lowest BCUT2D eigenvalue weighted by Crippen LogP contribution is -2.05. The second-order valence-corrected chi connectivity index (χ2v) is 18.5. The summed E-state index contributed by atoms with van der Waals surface area (Å²) >= 11 is 0. The summed E-state index contributed by atoms with van der Waals surface area (Å²) in [6.07, 6.45) is 5.69. The second kappa shape index (κ2) is 16.0. The van der Waals surface area contributed by atoms with E-state index in [9.17, 15) is 0 Å². The SMILES string of the molecule is CC1C=Cc2c(c3cc(-c4ccc5c(c4)c4ccc(-c6ccc7oc8cccc(-c9nc(-c%10ccccc%10)nc(-c%10ccccc%10)n9)c8c7c6)cc4n5-c4ccccc4)ccc3n2-c2ccccc2)C1. The van der Waals surface area contributed by atoms with Crippen LogP contribution in [0.2, 0.25) is 0 Å². The van der Waals surface area contributed by atoms with Gasteiger partial charge < -0.3 is 13.6 Å². The number of furan rings is 1. The Morgan fingerprint density at radius 2 is 0.957 bits per heavy atom. The van der Waals surface area contributed by atoms with Crippen LogP contribution in [0.5, 0.6) is 0 Å². The van der Waals surface area contributed by atoms with Crippen LogP contribution in [-0.2, 0) is 6.42 Å². The minimum atomic E-state index is 0.485. The lowest BCUT2D eigenvalue weighted by molar-refractivity contribution is 0.669. The van der Waals surface area contributed by atoms with Crippen molar-refractivity contribution >= 4 is 60.7 Å². The first-order valence-electron chi connectivity index (χ1n) is 24.0. The van der Waals surface area contributed by atoms with Crippen LogP contribution < -0.4 is 0 Å². The highest BCUT2D eigenvalue weighted by atomic mass is 16.3. The molecule has 13 aromatic rings. The highest BCUT2D eigenvalue weighted by Crippen LogP contribution is 2.42. The maximum Gasteiger partial charge on any atom is 0.164 e. The normalized spacial score (nSPS) is 13.5.